The molecule has 0 saturated heterocycles. The fourth-order valence-electron chi connectivity index (χ4n) is 2.11. The number of fused-ring (bicyclic) bond motifs is 1. The van der Waals surface area contributed by atoms with E-state index in [1.165, 1.54) is 5.56 Å². The topological polar surface area (TPSA) is 54.7 Å². The van der Waals surface area contributed by atoms with Crippen molar-refractivity contribution in [1.82, 2.24) is 4.98 Å². The Hall–Kier alpha value is -1.88. The minimum Gasteiger partial charge on any atom is -0.486 e. The molecule has 1 aliphatic carbocycles. The lowest BCUT2D eigenvalue weighted by molar-refractivity contribution is 0.305. The van der Waals surface area contributed by atoms with Crippen molar-refractivity contribution in [2.75, 3.05) is 0 Å². The molecule has 0 bridgehead atoms. The molecule has 1 aliphatic rings. The number of thiazole rings is 1. The lowest BCUT2D eigenvalue weighted by atomic mass is 10.1. The number of benzene rings is 1. The standard InChI is InChI=1S/C13H12N2O2S/c16-15-12-4-1-9-7-10(2-3-11(9)12)17-8-13-14-5-6-18-13/h2-3,5-7,16H,1,4,8H2/b15-12-. The zero-order chi connectivity index (χ0) is 12.4. The van der Waals surface area contributed by atoms with Crippen LogP contribution in [0, 0.1) is 0 Å². The van der Waals surface area contributed by atoms with E-state index in [1.807, 2.05) is 23.6 Å². The van der Waals surface area contributed by atoms with Gasteiger partial charge in [0.1, 0.15) is 17.4 Å². The SMILES string of the molecule is O/N=C1/CCc2cc(OCc3nccs3)ccc21. The summed E-state index contributed by atoms with van der Waals surface area (Å²) >= 11 is 1.58. The van der Waals surface area contributed by atoms with Crippen LogP contribution in [0.3, 0.4) is 0 Å². The first-order chi connectivity index (χ1) is 8.86. The Morgan fingerprint density at radius 2 is 2.33 bits per heavy atom. The van der Waals surface area contributed by atoms with Crippen LogP contribution in [0.25, 0.3) is 0 Å². The van der Waals surface area contributed by atoms with Gasteiger partial charge in [-0.25, -0.2) is 4.98 Å². The number of aryl methyl sites for hydroxylation is 1. The van der Waals surface area contributed by atoms with Crippen LogP contribution in [0.15, 0.2) is 34.9 Å². The van der Waals surface area contributed by atoms with Crippen molar-refractivity contribution < 1.29 is 9.94 Å². The predicted molar refractivity (Wildman–Crippen MR) is 69.5 cm³/mol. The van der Waals surface area contributed by atoms with Gasteiger partial charge in [0.2, 0.25) is 0 Å². The molecule has 0 unspecified atom stereocenters. The van der Waals surface area contributed by atoms with E-state index in [9.17, 15) is 0 Å². The second-order valence-electron chi connectivity index (χ2n) is 4.08. The first-order valence-electron chi connectivity index (χ1n) is 5.72. The van der Waals surface area contributed by atoms with Gasteiger partial charge in [0.25, 0.3) is 0 Å². The molecule has 4 nitrogen and oxygen atoms in total. The third-order valence-electron chi connectivity index (χ3n) is 2.99. The number of hydrogen-bond acceptors (Lipinski definition) is 5. The van der Waals surface area contributed by atoms with Gasteiger partial charge >= 0.3 is 0 Å². The summed E-state index contributed by atoms with van der Waals surface area (Å²) in [5, 5.41) is 15.1. The average molecular weight is 260 g/mol. The van der Waals surface area contributed by atoms with Crippen LogP contribution >= 0.6 is 11.3 Å². The Labute approximate surface area is 109 Å². The molecule has 1 aromatic heterocycles. The third-order valence-corrected chi connectivity index (χ3v) is 3.74. The van der Waals surface area contributed by atoms with E-state index in [2.05, 4.69) is 10.1 Å². The summed E-state index contributed by atoms with van der Waals surface area (Å²) in [7, 11) is 0. The van der Waals surface area contributed by atoms with E-state index in [1.54, 1.807) is 17.5 Å². The van der Waals surface area contributed by atoms with Gasteiger partial charge in [-0.1, -0.05) is 5.16 Å². The fraction of sp³-hybridized carbons (Fsp3) is 0.231. The van der Waals surface area contributed by atoms with Crippen LogP contribution in [-0.2, 0) is 13.0 Å². The van der Waals surface area contributed by atoms with E-state index < -0.39 is 0 Å². The average Bonchev–Trinajstić information content (AvgIpc) is 3.05. The minimum absolute atomic E-state index is 0.497. The molecule has 1 N–H and O–H groups in total. The molecule has 18 heavy (non-hydrogen) atoms. The van der Waals surface area contributed by atoms with Crippen molar-refractivity contribution in [2.24, 2.45) is 5.16 Å². The first-order valence-corrected chi connectivity index (χ1v) is 6.60. The molecule has 0 aliphatic heterocycles. The molecule has 0 atom stereocenters. The normalized spacial score (nSPS) is 15.9. The second kappa shape index (κ2) is 4.78. The van der Waals surface area contributed by atoms with Crippen LogP contribution in [0.1, 0.15) is 22.6 Å². The van der Waals surface area contributed by atoms with Crippen LogP contribution in [-0.4, -0.2) is 15.9 Å². The molecule has 0 amide bonds. The van der Waals surface area contributed by atoms with Gasteiger partial charge in [-0.2, -0.15) is 0 Å². The van der Waals surface area contributed by atoms with Crippen LogP contribution < -0.4 is 4.74 Å². The molecule has 3 rings (SSSR count). The summed E-state index contributed by atoms with van der Waals surface area (Å²) in [5.41, 5.74) is 2.97. The molecule has 1 aromatic carbocycles. The Balaban J connectivity index is 1.75. The highest BCUT2D eigenvalue weighted by Crippen LogP contribution is 2.27. The molecular weight excluding hydrogens is 248 g/mol. The lowest BCUT2D eigenvalue weighted by Gasteiger charge is -2.06. The highest BCUT2D eigenvalue weighted by molar-refractivity contribution is 7.09. The van der Waals surface area contributed by atoms with Crippen LogP contribution in [0.4, 0.5) is 0 Å². The van der Waals surface area contributed by atoms with Gasteiger partial charge in [0, 0.05) is 17.1 Å². The fourth-order valence-corrected chi connectivity index (χ4v) is 2.64. The molecule has 0 radical (unpaired) electrons. The molecule has 0 spiro atoms. The monoisotopic (exact) mass is 260 g/mol. The third kappa shape index (κ3) is 2.09. The van der Waals surface area contributed by atoms with Gasteiger partial charge in [-0.3, -0.25) is 0 Å². The number of nitrogens with zero attached hydrogens (tertiary/aromatic N) is 2. The van der Waals surface area contributed by atoms with E-state index in [0.717, 1.165) is 34.9 Å². The smallest absolute Gasteiger partial charge is 0.140 e. The largest absolute Gasteiger partial charge is 0.486 e. The molecule has 0 saturated carbocycles. The summed E-state index contributed by atoms with van der Waals surface area (Å²) < 4.78 is 5.69. The van der Waals surface area contributed by atoms with Crippen molar-refractivity contribution in [3.63, 3.8) is 0 Å². The molecule has 5 heteroatoms. The Morgan fingerprint density at radius 1 is 1.39 bits per heavy atom. The lowest BCUT2D eigenvalue weighted by Crippen LogP contribution is -1.97. The highest BCUT2D eigenvalue weighted by Gasteiger charge is 2.18. The number of oxime groups is 1. The van der Waals surface area contributed by atoms with E-state index in [0.29, 0.717) is 6.61 Å². The minimum atomic E-state index is 0.497. The summed E-state index contributed by atoms with van der Waals surface area (Å²) in [6, 6.07) is 5.87. The van der Waals surface area contributed by atoms with Crippen molar-refractivity contribution in [3.8, 4) is 5.75 Å². The van der Waals surface area contributed by atoms with Crippen molar-refractivity contribution >= 4 is 17.0 Å². The molecular formula is C13H12N2O2S. The summed E-state index contributed by atoms with van der Waals surface area (Å²) in [6.07, 6.45) is 3.47. The zero-order valence-electron chi connectivity index (χ0n) is 9.67. The van der Waals surface area contributed by atoms with Gasteiger partial charge in [-0.05, 0) is 36.6 Å². The van der Waals surface area contributed by atoms with Gasteiger partial charge in [0.15, 0.2) is 0 Å². The van der Waals surface area contributed by atoms with Crippen LogP contribution in [0.2, 0.25) is 0 Å². The number of hydrogen-bond donors (Lipinski definition) is 1. The predicted octanol–water partition coefficient (Wildman–Crippen LogP) is 2.85. The molecule has 0 fully saturated rings. The molecule has 2 aromatic rings. The van der Waals surface area contributed by atoms with Crippen molar-refractivity contribution in [1.29, 1.82) is 0 Å². The van der Waals surface area contributed by atoms with Crippen molar-refractivity contribution in [3.05, 3.63) is 45.9 Å². The zero-order valence-corrected chi connectivity index (χ0v) is 10.5. The Bertz CT molecular complexity index is 579. The Morgan fingerprint density at radius 3 is 3.11 bits per heavy atom. The maximum absolute atomic E-state index is 8.86. The van der Waals surface area contributed by atoms with E-state index >= 15 is 0 Å². The first kappa shape index (κ1) is 11.2. The second-order valence-corrected chi connectivity index (χ2v) is 5.06. The quantitative estimate of drug-likeness (QED) is 0.682. The summed E-state index contributed by atoms with van der Waals surface area (Å²) in [6.45, 7) is 0.497. The van der Waals surface area contributed by atoms with Crippen molar-refractivity contribution in [2.45, 2.75) is 19.4 Å². The number of ether oxygens (including phenoxy) is 1. The molecule has 92 valence electrons. The van der Waals surface area contributed by atoms with E-state index in [4.69, 9.17) is 9.94 Å². The van der Waals surface area contributed by atoms with Gasteiger partial charge in [0.05, 0.1) is 5.71 Å². The maximum Gasteiger partial charge on any atom is 0.140 e. The van der Waals surface area contributed by atoms with Crippen LogP contribution in [0.5, 0.6) is 5.75 Å². The number of aromatic nitrogens is 1. The Kier molecular flexibility index (Phi) is 2.98. The molecule has 1 heterocycles. The van der Waals surface area contributed by atoms with Gasteiger partial charge in [-0.15, -0.1) is 11.3 Å². The van der Waals surface area contributed by atoms with Gasteiger partial charge < -0.3 is 9.94 Å². The number of rotatable bonds is 3. The maximum atomic E-state index is 8.86. The summed E-state index contributed by atoms with van der Waals surface area (Å²) in [4.78, 5) is 4.17. The summed E-state index contributed by atoms with van der Waals surface area (Å²) in [5.74, 6) is 0.836. The highest BCUT2D eigenvalue weighted by atomic mass is 32.1. The van der Waals surface area contributed by atoms with E-state index in [-0.39, 0.29) is 0 Å².